The summed E-state index contributed by atoms with van der Waals surface area (Å²) in [4.78, 5) is 22.8. The molecule has 0 aliphatic heterocycles. The predicted molar refractivity (Wildman–Crippen MR) is 53.4 cm³/mol. The summed E-state index contributed by atoms with van der Waals surface area (Å²) in [5, 5.41) is 10.9. The van der Waals surface area contributed by atoms with Gasteiger partial charge in [0.15, 0.2) is 0 Å². The monoisotopic (exact) mass is 238 g/mol. The summed E-state index contributed by atoms with van der Waals surface area (Å²) >= 11 is 0. The molecule has 5 nitrogen and oxygen atoms in total. The van der Waals surface area contributed by atoms with Gasteiger partial charge in [0.2, 0.25) is 0 Å². The zero-order chi connectivity index (χ0) is 12.9. The van der Waals surface area contributed by atoms with Gasteiger partial charge in [0.25, 0.3) is 6.43 Å². The van der Waals surface area contributed by atoms with Gasteiger partial charge in [0, 0.05) is 7.05 Å². The summed E-state index contributed by atoms with van der Waals surface area (Å²) in [5.41, 5.74) is 0. The Bertz CT molecular complexity index is 259. The highest BCUT2D eigenvalue weighted by molar-refractivity contribution is 5.82. The summed E-state index contributed by atoms with van der Waals surface area (Å²) in [6.07, 6.45) is -2.64. The topological polar surface area (TPSA) is 69.6 Å². The third-order valence-electron chi connectivity index (χ3n) is 1.97. The van der Waals surface area contributed by atoms with Crippen LogP contribution >= 0.6 is 0 Å². The van der Waals surface area contributed by atoms with Gasteiger partial charge in [-0.1, -0.05) is 13.8 Å². The number of halogens is 2. The zero-order valence-electron chi connectivity index (χ0n) is 9.41. The molecule has 0 aromatic carbocycles. The van der Waals surface area contributed by atoms with Crippen LogP contribution in [-0.2, 0) is 4.79 Å². The lowest BCUT2D eigenvalue weighted by atomic mass is 10.1. The van der Waals surface area contributed by atoms with Crippen molar-refractivity contribution in [2.24, 2.45) is 5.92 Å². The van der Waals surface area contributed by atoms with E-state index >= 15 is 0 Å². The highest BCUT2D eigenvalue weighted by Gasteiger charge is 2.25. The Hall–Kier alpha value is -1.40. The van der Waals surface area contributed by atoms with Crippen molar-refractivity contribution in [3.05, 3.63) is 0 Å². The molecule has 0 aromatic rings. The molecular formula is C9H16F2N2O3. The van der Waals surface area contributed by atoms with E-state index in [1.165, 1.54) is 7.05 Å². The van der Waals surface area contributed by atoms with Crippen molar-refractivity contribution in [2.45, 2.75) is 26.3 Å². The van der Waals surface area contributed by atoms with Crippen LogP contribution < -0.4 is 5.32 Å². The molecule has 0 fully saturated rings. The third-order valence-corrected chi connectivity index (χ3v) is 1.97. The molecule has 0 aromatic heterocycles. The summed E-state index contributed by atoms with van der Waals surface area (Å²) < 4.78 is 23.9. The van der Waals surface area contributed by atoms with Gasteiger partial charge >= 0.3 is 12.0 Å². The second-order valence-electron chi connectivity index (χ2n) is 3.78. The summed E-state index contributed by atoms with van der Waals surface area (Å²) in [6.45, 7) is 2.51. The number of rotatable bonds is 5. The van der Waals surface area contributed by atoms with Gasteiger partial charge in [-0.15, -0.1) is 0 Å². The largest absolute Gasteiger partial charge is 0.480 e. The number of urea groups is 1. The fourth-order valence-corrected chi connectivity index (χ4v) is 1.05. The van der Waals surface area contributed by atoms with E-state index in [0.717, 1.165) is 4.90 Å². The van der Waals surface area contributed by atoms with Gasteiger partial charge in [0.05, 0.1) is 6.54 Å². The van der Waals surface area contributed by atoms with Gasteiger partial charge in [-0.2, -0.15) is 0 Å². The number of alkyl halides is 2. The quantitative estimate of drug-likeness (QED) is 0.750. The lowest BCUT2D eigenvalue weighted by Gasteiger charge is -2.22. The smallest absolute Gasteiger partial charge is 0.326 e. The lowest BCUT2D eigenvalue weighted by molar-refractivity contribution is -0.140. The van der Waals surface area contributed by atoms with Crippen LogP contribution in [0.15, 0.2) is 0 Å². The van der Waals surface area contributed by atoms with Gasteiger partial charge < -0.3 is 15.3 Å². The fraction of sp³-hybridized carbons (Fsp3) is 0.778. The molecule has 1 atom stereocenters. The molecule has 7 heteroatoms. The van der Waals surface area contributed by atoms with E-state index in [2.05, 4.69) is 5.32 Å². The first-order valence-corrected chi connectivity index (χ1v) is 4.78. The fourth-order valence-electron chi connectivity index (χ4n) is 1.05. The lowest BCUT2D eigenvalue weighted by Crippen LogP contribution is -2.49. The molecule has 0 heterocycles. The van der Waals surface area contributed by atoms with Crippen molar-refractivity contribution in [2.75, 3.05) is 13.6 Å². The van der Waals surface area contributed by atoms with Crippen molar-refractivity contribution in [1.82, 2.24) is 10.2 Å². The molecule has 0 spiro atoms. The van der Waals surface area contributed by atoms with Gasteiger partial charge in [-0.25, -0.2) is 18.4 Å². The molecule has 0 rings (SSSR count). The first kappa shape index (κ1) is 14.6. The molecule has 0 aliphatic carbocycles. The molecule has 16 heavy (non-hydrogen) atoms. The van der Waals surface area contributed by atoms with Crippen LogP contribution in [0.1, 0.15) is 13.8 Å². The van der Waals surface area contributed by atoms with E-state index in [0.29, 0.717) is 0 Å². The van der Waals surface area contributed by atoms with Crippen LogP contribution in [-0.4, -0.2) is 48.1 Å². The van der Waals surface area contributed by atoms with Crippen molar-refractivity contribution in [3.63, 3.8) is 0 Å². The standard InChI is InChI=1S/C9H16F2N2O3/c1-5(2)7(8(14)15)12-9(16)13(3)4-6(10)11/h5-7H,4H2,1-3H3,(H,12,16)(H,14,15)/t7-/m0/s1. The van der Waals surface area contributed by atoms with Gasteiger partial charge in [-0.05, 0) is 5.92 Å². The van der Waals surface area contributed by atoms with Crippen LogP contribution in [0.5, 0.6) is 0 Å². The normalized spacial score (nSPS) is 12.7. The Morgan fingerprint density at radius 1 is 1.38 bits per heavy atom. The zero-order valence-corrected chi connectivity index (χ0v) is 9.41. The minimum absolute atomic E-state index is 0.318. The van der Waals surface area contributed by atoms with E-state index in [1.54, 1.807) is 13.8 Å². The third kappa shape index (κ3) is 4.90. The Morgan fingerprint density at radius 3 is 2.19 bits per heavy atom. The first-order chi connectivity index (χ1) is 7.25. The molecule has 0 saturated heterocycles. The maximum atomic E-state index is 12.0. The van der Waals surface area contributed by atoms with E-state index in [1.807, 2.05) is 0 Å². The molecule has 0 unspecified atom stereocenters. The molecule has 0 bridgehead atoms. The number of carboxylic acids is 1. The maximum absolute atomic E-state index is 12.0. The second kappa shape index (κ2) is 6.24. The number of hydrogen-bond donors (Lipinski definition) is 2. The number of aliphatic carboxylic acids is 1. The number of carbonyl (C=O) groups is 2. The van der Waals surface area contributed by atoms with Crippen molar-refractivity contribution >= 4 is 12.0 Å². The number of carbonyl (C=O) groups excluding carboxylic acids is 1. The average molecular weight is 238 g/mol. The van der Waals surface area contributed by atoms with Crippen LogP contribution in [0.3, 0.4) is 0 Å². The Kier molecular flexibility index (Phi) is 5.69. The van der Waals surface area contributed by atoms with E-state index in [4.69, 9.17) is 5.11 Å². The maximum Gasteiger partial charge on any atom is 0.326 e. The van der Waals surface area contributed by atoms with E-state index in [9.17, 15) is 18.4 Å². The number of nitrogens with one attached hydrogen (secondary N) is 1. The van der Waals surface area contributed by atoms with E-state index < -0.39 is 31.0 Å². The average Bonchev–Trinajstić information content (AvgIpc) is 2.11. The minimum atomic E-state index is -2.64. The molecule has 0 radical (unpaired) electrons. The van der Waals surface area contributed by atoms with Crippen LogP contribution in [0.25, 0.3) is 0 Å². The number of amides is 2. The Balaban J connectivity index is 4.35. The van der Waals surface area contributed by atoms with Crippen LogP contribution in [0.2, 0.25) is 0 Å². The molecule has 0 aliphatic rings. The van der Waals surface area contributed by atoms with Crippen molar-refractivity contribution in [3.8, 4) is 0 Å². The summed E-state index contributed by atoms with van der Waals surface area (Å²) in [7, 11) is 1.18. The van der Waals surface area contributed by atoms with Crippen LogP contribution in [0.4, 0.5) is 13.6 Å². The van der Waals surface area contributed by atoms with Gasteiger partial charge in [0.1, 0.15) is 6.04 Å². The van der Waals surface area contributed by atoms with Gasteiger partial charge in [-0.3, -0.25) is 0 Å². The second-order valence-corrected chi connectivity index (χ2v) is 3.78. The van der Waals surface area contributed by atoms with Crippen LogP contribution in [0, 0.1) is 5.92 Å². The highest BCUT2D eigenvalue weighted by atomic mass is 19.3. The summed E-state index contributed by atoms with van der Waals surface area (Å²) in [5.74, 6) is -1.50. The van der Waals surface area contributed by atoms with E-state index in [-0.39, 0.29) is 5.92 Å². The highest BCUT2D eigenvalue weighted by Crippen LogP contribution is 2.03. The van der Waals surface area contributed by atoms with Crippen molar-refractivity contribution < 1.29 is 23.5 Å². The molecule has 2 amide bonds. The first-order valence-electron chi connectivity index (χ1n) is 4.78. The molecule has 0 saturated carbocycles. The SMILES string of the molecule is CC(C)[C@H](NC(=O)N(C)CC(F)F)C(=O)O. The van der Waals surface area contributed by atoms with Crippen molar-refractivity contribution in [1.29, 1.82) is 0 Å². The summed E-state index contributed by atoms with van der Waals surface area (Å²) in [6, 6.07) is -1.89. The molecule has 94 valence electrons. The number of hydrogen-bond acceptors (Lipinski definition) is 2. The molecular weight excluding hydrogens is 222 g/mol. The predicted octanol–water partition coefficient (Wildman–Crippen LogP) is 1.00. The Labute approximate surface area is 92.4 Å². The number of carboxylic acid groups (broad SMARTS) is 1. The minimum Gasteiger partial charge on any atom is -0.480 e. The Morgan fingerprint density at radius 2 is 1.88 bits per heavy atom. The molecule has 2 N–H and O–H groups in total. The number of nitrogens with zero attached hydrogens (tertiary/aromatic N) is 1.